The second-order valence-corrected chi connectivity index (χ2v) is 13.4. The lowest BCUT2D eigenvalue weighted by Gasteiger charge is -2.47. The molecule has 11 heteroatoms. The molecule has 1 fully saturated rings. The summed E-state index contributed by atoms with van der Waals surface area (Å²) in [7, 11) is 0. The fraction of sp³-hybridized carbons (Fsp3) is 0.462. The number of hydrogen-bond acceptors (Lipinski definition) is 8. The molecule has 0 radical (unpaired) electrons. The number of benzene rings is 3. The van der Waals surface area contributed by atoms with Crippen molar-refractivity contribution in [2.75, 3.05) is 6.61 Å². The second kappa shape index (κ2) is 19.2. The minimum absolute atomic E-state index is 0.111. The molecule has 0 unspecified atom stereocenters. The molecule has 1 aliphatic heterocycles. The van der Waals surface area contributed by atoms with Gasteiger partial charge in [-0.25, -0.2) is 9.59 Å². The number of carboxylic acid groups (broad SMARTS) is 1. The predicted octanol–water partition coefficient (Wildman–Crippen LogP) is 5.79. The lowest BCUT2D eigenvalue weighted by Crippen LogP contribution is -2.65. The van der Waals surface area contributed by atoms with E-state index in [-0.39, 0.29) is 32.1 Å². The van der Waals surface area contributed by atoms with Crippen molar-refractivity contribution in [1.29, 1.82) is 0 Å². The zero-order chi connectivity index (χ0) is 35.9. The molecule has 0 bridgehead atoms. The highest BCUT2D eigenvalue weighted by molar-refractivity contribution is 5.80. The molecule has 4 rings (SSSR count). The second-order valence-electron chi connectivity index (χ2n) is 13.4. The summed E-state index contributed by atoms with van der Waals surface area (Å²) in [4.78, 5) is 37.1. The maximum Gasteiger partial charge on any atom is 0.408 e. The normalized spacial score (nSPS) is 21.2. The van der Waals surface area contributed by atoms with E-state index in [1.165, 1.54) is 6.92 Å². The topological polar surface area (TPSA) is 142 Å². The van der Waals surface area contributed by atoms with Crippen LogP contribution in [0.1, 0.15) is 63.6 Å². The zero-order valence-electron chi connectivity index (χ0n) is 29.3. The van der Waals surface area contributed by atoms with Gasteiger partial charge in [0.1, 0.15) is 30.0 Å². The Morgan fingerprint density at radius 3 is 1.80 bits per heavy atom. The molecule has 1 aliphatic rings. The van der Waals surface area contributed by atoms with E-state index in [0.717, 1.165) is 16.7 Å². The van der Waals surface area contributed by atoms with Crippen LogP contribution in [0.25, 0.3) is 0 Å². The number of carboxylic acids is 1. The summed E-state index contributed by atoms with van der Waals surface area (Å²) in [5.41, 5.74) is 2.15. The summed E-state index contributed by atoms with van der Waals surface area (Å²) in [6.45, 7) is 7.64. The molecule has 3 N–H and O–H groups in total. The zero-order valence-corrected chi connectivity index (χ0v) is 29.3. The van der Waals surface area contributed by atoms with Gasteiger partial charge in [-0.2, -0.15) is 0 Å². The summed E-state index contributed by atoms with van der Waals surface area (Å²) in [5.74, 6) is -1.45. The fourth-order valence-electron chi connectivity index (χ4n) is 5.84. The van der Waals surface area contributed by atoms with E-state index >= 15 is 0 Å². The van der Waals surface area contributed by atoms with Crippen LogP contribution in [0.15, 0.2) is 91.0 Å². The van der Waals surface area contributed by atoms with Gasteiger partial charge in [0, 0.05) is 6.92 Å². The van der Waals surface area contributed by atoms with Crippen molar-refractivity contribution < 1.29 is 43.2 Å². The molecule has 0 aromatic heterocycles. The predicted molar refractivity (Wildman–Crippen MR) is 187 cm³/mol. The Bertz CT molecular complexity index is 1470. The van der Waals surface area contributed by atoms with Crippen LogP contribution in [-0.4, -0.2) is 71.8 Å². The SMILES string of the molecule is CC(=O)N[C@@H]1[C@@H](OCc2ccccc2)[C@H](OCc2ccccc2)[C@@H](COCc2ccccc2)O[C@H]1CCC[C@H](NC(=O)OC(C)(C)C)C(=O)O. The van der Waals surface area contributed by atoms with Gasteiger partial charge in [-0.05, 0) is 56.7 Å². The van der Waals surface area contributed by atoms with Crippen LogP contribution in [0.3, 0.4) is 0 Å². The Hall–Kier alpha value is -4.29. The molecule has 1 saturated heterocycles. The van der Waals surface area contributed by atoms with Crippen molar-refractivity contribution in [2.24, 2.45) is 0 Å². The Labute approximate surface area is 294 Å². The number of carbonyl (C=O) groups is 3. The first-order valence-electron chi connectivity index (χ1n) is 17.1. The van der Waals surface area contributed by atoms with Crippen molar-refractivity contribution in [1.82, 2.24) is 10.6 Å². The molecule has 2 amide bonds. The van der Waals surface area contributed by atoms with Crippen molar-refractivity contribution in [3.8, 4) is 0 Å². The molecule has 270 valence electrons. The van der Waals surface area contributed by atoms with E-state index in [4.69, 9.17) is 23.7 Å². The van der Waals surface area contributed by atoms with E-state index < -0.39 is 54.2 Å². The highest BCUT2D eigenvalue weighted by atomic mass is 16.6. The Morgan fingerprint density at radius 2 is 1.30 bits per heavy atom. The van der Waals surface area contributed by atoms with Gasteiger partial charge in [-0.15, -0.1) is 0 Å². The van der Waals surface area contributed by atoms with E-state index in [0.29, 0.717) is 19.4 Å². The maximum atomic E-state index is 12.7. The molecular formula is C39H50N2O9. The smallest absolute Gasteiger partial charge is 0.408 e. The Kier molecular flexibility index (Phi) is 14.8. The first-order chi connectivity index (χ1) is 24.0. The summed E-state index contributed by atoms with van der Waals surface area (Å²) >= 11 is 0. The molecule has 0 aliphatic carbocycles. The quantitative estimate of drug-likeness (QED) is 0.160. The Morgan fingerprint density at radius 1 is 0.780 bits per heavy atom. The lowest BCUT2D eigenvalue weighted by atomic mass is 9.89. The van der Waals surface area contributed by atoms with Gasteiger partial charge in [0.05, 0.1) is 38.6 Å². The third-order valence-electron chi connectivity index (χ3n) is 8.10. The van der Waals surface area contributed by atoms with Crippen LogP contribution in [0.4, 0.5) is 4.79 Å². The molecule has 0 saturated carbocycles. The van der Waals surface area contributed by atoms with Gasteiger partial charge in [0.2, 0.25) is 5.91 Å². The molecule has 3 aromatic carbocycles. The van der Waals surface area contributed by atoms with E-state index in [9.17, 15) is 19.5 Å². The van der Waals surface area contributed by atoms with Crippen LogP contribution >= 0.6 is 0 Å². The van der Waals surface area contributed by atoms with Crippen LogP contribution in [0.2, 0.25) is 0 Å². The number of carbonyl (C=O) groups excluding carboxylic acids is 2. The van der Waals surface area contributed by atoms with E-state index in [1.807, 2.05) is 91.0 Å². The third-order valence-corrected chi connectivity index (χ3v) is 8.10. The summed E-state index contributed by atoms with van der Waals surface area (Å²) < 4.78 is 31.4. The lowest BCUT2D eigenvalue weighted by molar-refractivity contribution is -0.233. The molecule has 11 nitrogen and oxygen atoms in total. The molecule has 1 heterocycles. The largest absolute Gasteiger partial charge is 0.480 e. The number of aliphatic carboxylic acids is 1. The average molecular weight is 691 g/mol. The van der Waals surface area contributed by atoms with Gasteiger partial charge in [0.15, 0.2) is 0 Å². The molecule has 0 spiro atoms. The molecular weight excluding hydrogens is 640 g/mol. The van der Waals surface area contributed by atoms with Crippen molar-refractivity contribution in [2.45, 2.75) is 109 Å². The number of ether oxygens (including phenoxy) is 5. The van der Waals surface area contributed by atoms with Gasteiger partial charge in [-0.3, -0.25) is 4.79 Å². The first kappa shape index (κ1) is 38.5. The van der Waals surface area contributed by atoms with Crippen LogP contribution in [-0.2, 0) is 53.1 Å². The highest BCUT2D eigenvalue weighted by Crippen LogP contribution is 2.31. The van der Waals surface area contributed by atoms with E-state index in [2.05, 4.69) is 10.6 Å². The fourth-order valence-corrected chi connectivity index (χ4v) is 5.84. The van der Waals surface area contributed by atoms with Gasteiger partial charge < -0.3 is 39.4 Å². The first-order valence-corrected chi connectivity index (χ1v) is 17.1. The standard InChI is InChI=1S/C39H50N2O9/c1-27(42)40-34-32(22-14-21-31(37(43)44)41-38(45)50-39(2,3)4)49-33(26-46-23-28-15-8-5-9-16-28)35(47-24-29-17-10-6-11-18-29)36(34)48-25-30-19-12-7-13-20-30/h5-13,15-20,31-36H,14,21-26H2,1-4H3,(H,40,42)(H,41,45)(H,43,44)/t31-,32-,33+,34-,35+,36+/m0/s1. The van der Waals surface area contributed by atoms with E-state index in [1.54, 1.807) is 20.8 Å². The van der Waals surface area contributed by atoms with Crippen molar-refractivity contribution in [3.05, 3.63) is 108 Å². The number of alkyl carbamates (subject to hydrolysis) is 1. The minimum Gasteiger partial charge on any atom is -0.480 e. The molecule has 6 atom stereocenters. The monoisotopic (exact) mass is 690 g/mol. The van der Waals surface area contributed by atoms with Crippen LogP contribution < -0.4 is 10.6 Å². The highest BCUT2D eigenvalue weighted by Gasteiger charge is 2.48. The van der Waals surface area contributed by atoms with Crippen LogP contribution in [0, 0.1) is 0 Å². The number of amides is 2. The summed E-state index contributed by atoms with van der Waals surface area (Å²) in [5, 5.41) is 15.4. The van der Waals surface area contributed by atoms with Crippen molar-refractivity contribution >= 4 is 18.0 Å². The average Bonchev–Trinajstić information content (AvgIpc) is 3.07. The minimum atomic E-state index is -1.18. The molecule has 50 heavy (non-hydrogen) atoms. The number of nitrogens with one attached hydrogen (secondary N) is 2. The van der Waals surface area contributed by atoms with Crippen LogP contribution in [0.5, 0.6) is 0 Å². The number of rotatable bonds is 17. The van der Waals surface area contributed by atoms with Gasteiger partial charge in [-0.1, -0.05) is 91.0 Å². The molecule has 3 aromatic rings. The Balaban J connectivity index is 1.58. The summed E-state index contributed by atoms with van der Waals surface area (Å²) in [6.07, 6.45) is -2.45. The number of hydrogen-bond donors (Lipinski definition) is 3. The maximum absolute atomic E-state index is 12.7. The van der Waals surface area contributed by atoms with Gasteiger partial charge >= 0.3 is 12.1 Å². The van der Waals surface area contributed by atoms with Crippen molar-refractivity contribution in [3.63, 3.8) is 0 Å². The summed E-state index contributed by atoms with van der Waals surface area (Å²) in [6, 6.07) is 27.5. The third kappa shape index (κ3) is 12.9. The van der Waals surface area contributed by atoms with Gasteiger partial charge in [0.25, 0.3) is 0 Å².